The first-order valence-corrected chi connectivity index (χ1v) is 6.83. The van der Waals surface area contributed by atoms with Crippen LogP contribution in [0, 0.1) is 13.8 Å². The first-order valence-electron chi connectivity index (χ1n) is 6.83. The van der Waals surface area contributed by atoms with Crippen LogP contribution in [-0.4, -0.2) is 5.78 Å². The van der Waals surface area contributed by atoms with Crippen LogP contribution in [0.5, 0.6) is 0 Å². The van der Waals surface area contributed by atoms with Crippen LogP contribution < -0.4 is 0 Å². The van der Waals surface area contributed by atoms with Crippen molar-refractivity contribution in [3.8, 4) is 11.1 Å². The summed E-state index contributed by atoms with van der Waals surface area (Å²) in [5.74, 6) is 0.833. The molecule has 0 bridgehead atoms. The number of ketones is 1. The SMILES string of the molecule is Cc1cccc(-c2cccc(C3CC(=O)C3)c2)c1C. The molecule has 0 aliphatic heterocycles. The van der Waals surface area contributed by atoms with Crippen LogP contribution in [0.4, 0.5) is 0 Å². The van der Waals surface area contributed by atoms with Gasteiger partial charge in [0.25, 0.3) is 0 Å². The molecule has 0 aromatic heterocycles. The predicted octanol–water partition coefficient (Wildman–Crippen LogP) is 4.42. The van der Waals surface area contributed by atoms with E-state index in [2.05, 4.69) is 56.3 Å². The molecular formula is C18H18O. The Morgan fingerprint density at radius 3 is 2.47 bits per heavy atom. The summed E-state index contributed by atoms with van der Waals surface area (Å²) in [6.07, 6.45) is 1.44. The first kappa shape index (κ1) is 12.2. The summed E-state index contributed by atoms with van der Waals surface area (Å²) in [7, 11) is 0. The molecule has 19 heavy (non-hydrogen) atoms. The smallest absolute Gasteiger partial charge is 0.134 e. The number of hydrogen-bond donors (Lipinski definition) is 0. The van der Waals surface area contributed by atoms with Crippen LogP contribution in [0.2, 0.25) is 0 Å². The van der Waals surface area contributed by atoms with Gasteiger partial charge < -0.3 is 0 Å². The van der Waals surface area contributed by atoms with Gasteiger partial charge in [0.1, 0.15) is 5.78 Å². The molecule has 1 aliphatic carbocycles. The largest absolute Gasteiger partial charge is 0.300 e. The van der Waals surface area contributed by atoms with Gasteiger partial charge in [0.05, 0.1) is 0 Å². The van der Waals surface area contributed by atoms with Gasteiger partial charge in [0.15, 0.2) is 0 Å². The molecule has 0 heterocycles. The zero-order valence-corrected chi connectivity index (χ0v) is 11.4. The van der Waals surface area contributed by atoms with E-state index in [0.29, 0.717) is 11.7 Å². The number of aryl methyl sites for hydroxylation is 1. The number of carbonyl (C=O) groups excluding carboxylic acids is 1. The summed E-state index contributed by atoms with van der Waals surface area (Å²) in [5, 5.41) is 0. The van der Waals surface area contributed by atoms with Gasteiger partial charge in [0, 0.05) is 12.8 Å². The normalized spacial score (nSPS) is 15.4. The van der Waals surface area contributed by atoms with E-state index in [1.165, 1.54) is 27.8 Å². The van der Waals surface area contributed by atoms with Gasteiger partial charge in [0.2, 0.25) is 0 Å². The van der Waals surface area contributed by atoms with Crippen molar-refractivity contribution in [1.29, 1.82) is 0 Å². The lowest BCUT2D eigenvalue weighted by Gasteiger charge is -2.25. The lowest BCUT2D eigenvalue weighted by Crippen LogP contribution is -2.20. The maximum absolute atomic E-state index is 11.1. The minimum atomic E-state index is 0.391. The highest BCUT2D eigenvalue weighted by Gasteiger charge is 2.27. The van der Waals surface area contributed by atoms with Gasteiger partial charge in [-0.25, -0.2) is 0 Å². The Morgan fingerprint density at radius 2 is 1.74 bits per heavy atom. The monoisotopic (exact) mass is 250 g/mol. The van der Waals surface area contributed by atoms with E-state index < -0.39 is 0 Å². The van der Waals surface area contributed by atoms with Crippen LogP contribution in [0.25, 0.3) is 11.1 Å². The maximum Gasteiger partial charge on any atom is 0.134 e. The van der Waals surface area contributed by atoms with E-state index in [1.54, 1.807) is 0 Å². The van der Waals surface area contributed by atoms with Crippen molar-refractivity contribution in [3.05, 3.63) is 59.2 Å². The Hall–Kier alpha value is -1.89. The summed E-state index contributed by atoms with van der Waals surface area (Å²) in [4.78, 5) is 11.1. The number of benzene rings is 2. The number of hydrogen-bond acceptors (Lipinski definition) is 1. The minimum Gasteiger partial charge on any atom is -0.300 e. The maximum atomic E-state index is 11.1. The average molecular weight is 250 g/mol. The highest BCUT2D eigenvalue weighted by atomic mass is 16.1. The molecule has 0 N–H and O–H groups in total. The van der Waals surface area contributed by atoms with E-state index in [-0.39, 0.29) is 0 Å². The average Bonchev–Trinajstić information content (AvgIpc) is 2.38. The quantitative estimate of drug-likeness (QED) is 0.771. The van der Waals surface area contributed by atoms with Crippen molar-refractivity contribution in [3.63, 3.8) is 0 Å². The van der Waals surface area contributed by atoms with Crippen molar-refractivity contribution in [2.45, 2.75) is 32.6 Å². The Morgan fingerprint density at radius 1 is 1.00 bits per heavy atom. The summed E-state index contributed by atoms with van der Waals surface area (Å²) >= 11 is 0. The molecule has 0 saturated heterocycles. The second-order valence-corrected chi connectivity index (χ2v) is 5.52. The third-order valence-corrected chi connectivity index (χ3v) is 4.22. The number of carbonyl (C=O) groups is 1. The molecule has 96 valence electrons. The Bertz CT molecular complexity index is 632. The molecule has 2 aromatic carbocycles. The first-order chi connectivity index (χ1) is 9.15. The second kappa shape index (κ2) is 4.65. The van der Waals surface area contributed by atoms with Crippen LogP contribution in [0.3, 0.4) is 0 Å². The molecule has 1 saturated carbocycles. The van der Waals surface area contributed by atoms with Gasteiger partial charge in [-0.05, 0) is 47.6 Å². The molecule has 1 fully saturated rings. The minimum absolute atomic E-state index is 0.391. The molecular weight excluding hydrogens is 232 g/mol. The van der Waals surface area contributed by atoms with Crippen molar-refractivity contribution >= 4 is 5.78 Å². The third-order valence-electron chi connectivity index (χ3n) is 4.22. The van der Waals surface area contributed by atoms with Crippen LogP contribution in [-0.2, 0) is 4.79 Å². The fraction of sp³-hybridized carbons (Fsp3) is 0.278. The van der Waals surface area contributed by atoms with E-state index in [9.17, 15) is 4.79 Å². The summed E-state index contributed by atoms with van der Waals surface area (Å²) in [6, 6.07) is 15.1. The Balaban J connectivity index is 1.99. The van der Waals surface area contributed by atoms with Gasteiger partial charge in [-0.15, -0.1) is 0 Å². The molecule has 0 radical (unpaired) electrons. The van der Waals surface area contributed by atoms with Crippen molar-refractivity contribution in [2.75, 3.05) is 0 Å². The zero-order chi connectivity index (χ0) is 13.4. The van der Waals surface area contributed by atoms with E-state index in [0.717, 1.165) is 12.8 Å². The molecule has 1 heteroatoms. The second-order valence-electron chi connectivity index (χ2n) is 5.52. The highest BCUT2D eigenvalue weighted by Crippen LogP contribution is 2.36. The standard InChI is InChI=1S/C18H18O/c1-12-5-3-8-18(13(12)2)15-7-4-6-14(9-15)16-10-17(19)11-16/h3-9,16H,10-11H2,1-2H3. The molecule has 2 aromatic rings. The van der Waals surface area contributed by atoms with Crippen LogP contribution in [0.15, 0.2) is 42.5 Å². The molecule has 0 unspecified atom stereocenters. The number of rotatable bonds is 2. The van der Waals surface area contributed by atoms with Gasteiger partial charge in [-0.2, -0.15) is 0 Å². The predicted molar refractivity (Wildman–Crippen MR) is 78.3 cm³/mol. The summed E-state index contributed by atoms with van der Waals surface area (Å²) in [6.45, 7) is 4.32. The third kappa shape index (κ3) is 2.21. The molecule has 1 nitrogen and oxygen atoms in total. The van der Waals surface area contributed by atoms with E-state index in [4.69, 9.17) is 0 Å². The van der Waals surface area contributed by atoms with Crippen molar-refractivity contribution in [2.24, 2.45) is 0 Å². The lowest BCUT2D eigenvalue weighted by atomic mass is 9.78. The fourth-order valence-electron chi connectivity index (χ4n) is 2.75. The molecule has 0 atom stereocenters. The van der Waals surface area contributed by atoms with Gasteiger partial charge >= 0.3 is 0 Å². The van der Waals surface area contributed by atoms with Gasteiger partial charge in [-0.1, -0.05) is 42.5 Å². The Kier molecular flexibility index (Phi) is 2.98. The summed E-state index contributed by atoms with van der Waals surface area (Å²) < 4.78 is 0. The van der Waals surface area contributed by atoms with Crippen molar-refractivity contribution in [1.82, 2.24) is 0 Å². The zero-order valence-electron chi connectivity index (χ0n) is 11.4. The lowest BCUT2D eigenvalue weighted by molar-refractivity contribution is -0.124. The molecule has 0 spiro atoms. The van der Waals surface area contributed by atoms with E-state index >= 15 is 0 Å². The molecule has 0 amide bonds. The number of Topliss-reactive ketones (excluding diaryl/α,β-unsaturated/α-hetero) is 1. The molecule has 1 aliphatic rings. The van der Waals surface area contributed by atoms with Gasteiger partial charge in [-0.3, -0.25) is 4.79 Å². The van der Waals surface area contributed by atoms with Crippen LogP contribution >= 0.6 is 0 Å². The Labute approximate surface area is 114 Å². The fourth-order valence-corrected chi connectivity index (χ4v) is 2.75. The van der Waals surface area contributed by atoms with Crippen LogP contribution in [0.1, 0.15) is 35.4 Å². The van der Waals surface area contributed by atoms with E-state index in [1.807, 2.05) is 0 Å². The molecule has 3 rings (SSSR count). The topological polar surface area (TPSA) is 17.1 Å². The highest BCUT2D eigenvalue weighted by molar-refractivity contribution is 5.86. The van der Waals surface area contributed by atoms with Crippen molar-refractivity contribution < 1.29 is 4.79 Å². The summed E-state index contributed by atoms with van der Waals surface area (Å²) in [5.41, 5.74) is 6.52.